The lowest BCUT2D eigenvalue weighted by atomic mass is 9.76. The fraction of sp³-hybridized carbons (Fsp3) is 0.875. The first-order valence-electron chi connectivity index (χ1n) is 8.11. The van der Waals surface area contributed by atoms with E-state index in [1.165, 1.54) is 26.4 Å². The van der Waals surface area contributed by atoms with E-state index in [0.29, 0.717) is 12.0 Å². The summed E-state index contributed by atoms with van der Waals surface area (Å²) in [7, 11) is 1.49. The zero-order chi connectivity index (χ0) is 15.1. The quantitative estimate of drug-likeness (QED) is 0.824. The zero-order valence-electron chi connectivity index (χ0n) is 13.2. The first-order chi connectivity index (χ1) is 10.0. The van der Waals surface area contributed by atoms with E-state index >= 15 is 0 Å². The van der Waals surface area contributed by atoms with Crippen molar-refractivity contribution in [2.45, 2.75) is 45.2 Å². The maximum atomic E-state index is 12.8. The van der Waals surface area contributed by atoms with Gasteiger partial charge >= 0.3 is 0 Å². The number of methoxy groups -OCH3 is 1. The minimum absolute atomic E-state index is 0.00720. The second-order valence-electron chi connectivity index (χ2n) is 7.20. The first-order valence-corrected chi connectivity index (χ1v) is 8.11. The van der Waals surface area contributed by atoms with Crippen molar-refractivity contribution >= 4 is 11.8 Å². The Bertz CT molecular complexity index is 435. The van der Waals surface area contributed by atoms with Gasteiger partial charge in [-0.25, -0.2) is 0 Å². The highest BCUT2D eigenvalue weighted by atomic mass is 16.5. The lowest BCUT2D eigenvalue weighted by Gasteiger charge is -2.51. The molecule has 0 unspecified atom stereocenters. The normalized spacial score (nSPS) is 34.6. The highest BCUT2D eigenvalue weighted by Gasteiger charge is 2.58. The average Bonchev–Trinajstić information content (AvgIpc) is 2.92. The van der Waals surface area contributed by atoms with Gasteiger partial charge in [0.2, 0.25) is 11.8 Å². The summed E-state index contributed by atoms with van der Waals surface area (Å²) in [5.74, 6) is 2.27. The Balaban J connectivity index is 1.64. The third-order valence-corrected chi connectivity index (χ3v) is 5.62. The Labute approximate surface area is 126 Å². The predicted octanol–water partition coefficient (Wildman–Crippen LogP) is 1.03. The molecule has 3 aliphatic rings. The van der Waals surface area contributed by atoms with Crippen molar-refractivity contribution in [3.63, 3.8) is 0 Å². The summed E-state index contributed by atoms with van der Waals surface area (Å²) in [5, 5.41) is 2.84. The van der Waals surface area contributed by atoms with E-state index in [9.17, 15) is 9.59 Å². The van der Waals surface area contributed by atoms with Crippen molar-refractivity contribution in [1.29, 1.82) is 0 Å². The van der Waals surface area contributed by atoms with Gasteiger partial charge in [0, 0.05) is 25.6 Å². The Morgan fingerprint density at radius 2 is 2.00 bits per heavy atom. The monoisotopic (exact) mass is 294 g/mol. The fourth-order valence-electron chi connectivity index (χ4n) is 4.61. The van der Waals surface area contributed by atoms with Crippen LogP contribution in [0.15, 0.2) is 0 Å². The van der Waals surface area contributed by atoms with Crippen molar-refractivity contribution in [3.8, 4) is 0 Å². The van der Waals surface area contributed by atoms with E-state index in [-0.39, 0.29) is 24.3 Å². The van der Waals surface area contributed by atoms with E-state index in [4.69, 9.17) is 4.74 Å². The van der Waals surface area contributed by atoms with Gasteiger partial charge in [0.05, 0.1) is 0 Å². The van der Waals surface area contributed by atoms with Gasteiger partial charge in [0.1, 0.15) is 12.6 Å². The number of ether oxygens (including phenoxy) is 1. The molecule has 2 saturated carbocycles. The van der Waals surface area contributed by atoms with Crippen LogP contribution in [-0.4, -0.2) is 49.1 Å². The van der Waals surface area contributed by atoms with Gasteiger partial charge in [0.15, 0.2) is 0 Å². The predicted molar refractivity (Wildman–Crippen MR) is 78.5 cm³/mol. The second kappa shape index (κ2) is 5.59. The number of likely N-dealkylation sites (tertiary alicyclic amines) is 1. The Hall–Kier alpha value is -1.10. The van der Waals surface area contributed by atoms with E-state index in [1.807, 2.05) is 18.7 Å². The third-order valence-electron chi connectivity index (χ3n) is 5.62. The molecule has 0 spiro atoms. The van der Waals surface area contributed by atoms with Crippen molar-refractivity contribution in [2.24, 2.45) is 23.7 Å². The van der Waals surface area contributed by atoms with Crippen molar-refractivity contribution in [1.82, 2.24) is 10.2 Å². The van der Waals surface area contributed by atoms with Crippen LogP contribution in [0.4, 0.5) is 0 Å². The van der Waals surface area contributed by atoms with Crippen LogP contribution in [0.2, 0.25) is 0 Å². The van der Waals surface area contributed by atoms with Crippen LogP contribution >= 0.6 is 0 Å². The van der Waals surface area contributed by atoms with Crippen LogP contribution in [-0.2, 0) is 14.3 Å². The van der Waals surface area contributed by atoms with Gasteiger partial charge in [-0.2, -0.15) is 0 Å². The number of amides is 2. The maximum Gasteiger partial charge on any atom is 0.246 e. The molecule has 1 N–H and O–H groups in total. The minimum Gasteiger partial charge on any atom is -0.375 e. The van der Waals surface area contributed by atoms with E-state index in [1.54, 1.807) is 0 Å². The van der Waals surface area contributed by atoms with Crippen molar-refractivity contribution < 1.29 is 14.3 Å². The van der Waals surface area contributed by atoms with Crippen LogP contribution in [0.5, 0.6) is 0 Å². The number of rotatable bonds is 5. The summed E-state index contributed by atoms with van der Waals surface area (Å²) < 4.78 is 4.84. The standard InChI is InChI=1S/C16H26N2O3/c1-9(2)14(17-13(19)8-21-3)16(20)18-7-12-10-4-5-11(6-10)15(12)18/h9-12,14-15H,4-8H2,1-3H3,(H,17,19)/t10-,11-,12-,14-,15+/m0/s1. The molecule has 2 bridgehead atoms. The smallest absolute Gasteiger partial charge is 0.246 e. The van der Waals surface area contributed by atoms with Gasteiger partial charge in [-0.05, 0) is 37.0 Å². The number of nitrogens with one attached hydrogen (secondary N) is 1. The zero-order valence-corrected chi connectivity index (χ0v) is 13.2. The summed E-state index contributed by atoms with van der Waals surface area (Å²) in [5.41, 5.74) is 0. The number of hydrogen-bond donors (Lipinski definition) is 1. The van der Waals surface area contributed by atoms with E-state index in [0.717, 1.165) is 18.4 Å². The maximum absolute atomic E-state index is 12.8. The Morgan fingerprint density at radius 1 is 1.29 bits per heavy atom. The van der Waals surface area contributed by atoms with Crippen LogP contribution in [0, 0.1) is 23.7 Å². The molecule has 1 aliphatic heterocycles. The number of nitrogens with zero attached hydrogens (tertiary/aromatic N) is 1. The molecule has 5 heteroatoms. The summed E-state index contributed by atoms with van der Waals surface area (Å²) >= 11 is 0. The van der Waals surface area contributed by atoms with Crippen molar-refractivity contribution in [2.75, 3.05) is 20.3 Å². The number of hydrogen-bond acceptors (Lipinski definition) is 3. The highest BCUT2D eigenvalue weighted by molar-refractivity contribution is 5.89. The molecule has 0 aromatic heterocycles. The van der Waals surface area contributed by atoms with E-state index in [2.05, 4.69) is 5.32 Å². The molecule has 5 atom stereocenters. The molecule has 3 fully saturated rings. The van der Waals surface area contributed by atoms with Crippen LogP contribution in [0.25, 0.3) is 0 Å². The second-order valence-corrected chi connectivity index (χ2v) is 7.20. The summed E-state index contributed by atoms with van der Waals surface area (Å²) in [4.78, 5) is 26.6. The molecule has 5 nitrogen and oxygen atoms in total. The number of fused-ring (bicyclic) bond motifs is 5. The molecule has 21 heavy (non-hydrogen) atoms. The van der Waals surface area contributed by atoms with Crippen molar-refractivity contribution in [3.05, 3.63) is 0 Å². The Kier molecular flexibility index (Phi) is 3.95. The topological polar surface area (TPSA) is 58.6 Å². The molecular weight excluding hydrogens is 268 g/mol. The first kappa shape index (κ1) is 14.8. The molecule has 0 aromatic rings. The molecule has 0 aromatic carbocycles. The number of carbonyl (C=O) groups excluding carboxylic acids is 2. The molecular formula is C16H26N2O3. The largest absolute Gasteiger partial charge is 0.375 e. The molecule has 1 heterocycles. The third kappa shape index (κ3) is 2.45. The van der Waals surface area contributed by atoms with Crippen LogP contribution < -0.4 is 5.32 Å². The van der Waals surface area contributed by atoms with Gasteiger partial charge < -0.3 is 15.0 Å². The van der Waals surface area contributed by atoms with Crippen LogP contribution in [0.3, 0.4) is 0 Å². The fourth-order valence-corrected chi connectivity index (χ4v) is 4.61. The Morgan fingerprint density at radius 3 is 2.62 bits per heavy atom. The molecule has 2 aliphatic carbocycles. The molecule has 3 rings (SSSR count). The summed E-state index contributed by atoms with van der Waals surface area (Å²) in [6.07, 6.45) is 3.94. The van der Waals surface area contributed by atoms with E-state index < -0.39 is 6.04 Å². The van der Waals surface area contributed by atoms with Gasteiger partial charge in [-0.1, -0.05) is 13.8 Å². The molecule has 2 amide bonds. The summed E-state index contributed by atoms with van der Waals surface area (Å²) in [6.45, 7) is 4.86. The molecule has 1 saturated heterocycles. The minimum atomic E-state index is -0.423. The lowest BCUT2D eigenvalue weighted by molar-refractivity contribution is -0.152. The number of carbonyl (C=O) groups is 2. The van der Waals surface area contributed by atoms with Gasteiger partial charge in [0.25, 0.3) is 0 Å². The van der Waals surface area contributed by atoms with Gasteiger partial charge in [-0.3, -0.25) is 9.59 Å². The average molecular weight is 294 g/mol. The van der Waals surface area contributed by atoms with Gasteiger partial charge in [-0.15, -0.1) is 0 Å². The van der Waals surface area contributed by atoms with Crippen LogP contribution in [0.1, 0.15) is 33.1 Å². The highest BCUT2D eigenvalue weighted by Crippen LogP contribution is 2.55. The lowest BCUT2D eigenvalue weighted by Crippen LogP contribution is -2.65. The SMILES string of the molecule is COCC(=O)N[C@H](C(=O)N1C[C@H]2[C@H]3CC[C@@H](C3)[C@H]21)C(C)C. The summed E-state index contributed by atoms with van der Waals surface area (Å²) in [6, 6.07) is 0.0320. The molecule has 0 radical (unpaired) electrons. The molecule has 118 valence electrons.